The van der Waals surface area contributed by atoms with Gasteiger partial charge in [0.2, 0.25) is 0 Å². The largest absolute Gasteiger partial charge is 0.292 e. The first-order valence-corrected chi connectivity index (χ1v) is 7.43. The Bertz CT molecular complexity index is 565. The first-order chi connectivity index (χ1) is 9.50. The number of hydrogen-bond donors (Lipinski definition) is 0. The van der Waals surface area contributed by atoms with Gasteiger partial charge < -0.3 is 0 Å². The Hall–Kier alpha value is -1.52. The zero-order chi connectivity index (χ0) is 14.7. The molecule has 0 saturated carbocycles. The maximum Gasteiger partial charge on any atom is 0.179 e. The van der Waals surface area contributed by atoms with Gasteiger partial charge in [0.25, 0.3) is 0 Å². The Morgan fingerprint density at radius 1 is 1.20 bits per heavy atom. The predicted molar refractivity (Wildman–Crippen MR) is 80.7 cm³/mol. The minimum absolute atomic E-state index is 0.0101. The normalized spacial score (nSPS) is 14.2. The first kappa shape index (κ1) is 14.9. The zero-order valence-electron chi connectivity index (χ0n) is 11.8. The number of thiophene rings is 1. The molecule has 2 nitrogen and oxygen atoms in total. The van der Waals surface area contributed by atoms with Crippen LogP contribution in [0.4, 0.5) is 4.39 Å². The molecule has 0 aliphatic rings. The topological polar surface area (TPSA) is 20.3 Å². The molecule has 0 saturated heterocycles. The summed E-state index contributed by atoms with van der Waals surface area (Å²) in [6.07, 6.45) is 0. The highest BCUT2D eigenvalue weighted by Gasteiger charge is 2.24. The van der Waals surface area contributed by atoms with Crippen LogP contribution in [0.15, 0.2) is 41.8 Å². The Morgan fingerprint density at radius 3 is 2.40 bits per heavy atom. The van der Waals surface area contributed by atoms with Crippen molar-refractivity contribution in [2.75, 3.05) is 7.05 Å². The lowest BCUT2D eigenvalue weighted by Crippen LogP contribution is -2.37. The summed E-state index contributed by atoms with van der Waals surface area (Å²) in [5, 5.41) is 2.03. The molecule has 0 N–H and O–H groups in total. The third-order valence-electron chi connectivity index (χ3n) is 3.68. The highest BCUT2D eigenvalue weighted by molar-refractivity contribution is 7.10. The molecule has 1 heterocycles. The van der Waals surface area contributed by atoms with Gasteiger partial charge in [0, 0.05) is 16.5 Å². The van der Waals surface area contributed by atoms with E-state index in [9.17, 15) is 9.18 Å². The summed E-state index contributed by atoms with van der Waals surface area (Å²) in [6, 6.07) is 9.73. The van der Waals surface area contributed by atoms with Crippen LogP contribution in [0.2, 0.25) is 0 Å². The van der Waals surface area contributed by atoms with Crippen LogP contribution in [0.3, 0.4) is 0 Å². The van der Waals surface area contributed by atoms with Gasteiger partial charge in [0.05, 0.1) is 6.04 Å². The molecule has 2 rings (SSSR count). The van der Waals surface area contributed by atoms with Gasteiger partial charge in [-0.1, -0.05) is 6.07 Å². The SMILES string of the molecule is CC(C(=O)c1ccc(F)cc1)N(C)C(C)c1cccs1. The predicted octanol–water partition coefficient (Wildman–Crippen LogP) is 4.15. The van der Waals surface area contributed by atoms with Gasteiger partial charge in [-0.05, 0) is 56.6 Å². The number of likely N-dealkylation sites (N-methyl/N-ethyl adjacent to an activating group) is 1. The van der Waals surface area contributed by atoms with E-state index in [1.807, 2.05) is 30.3 Å². The molecule has 0 bridgehead atoms. The van der Waals surface area contributed by atoms with Crippen molar-refractivity contribution in [2.24, 2.45) is 0 Å². The van der Waals surface area contributed by atoms with Crippen molar-refractivity contribution in [3.05, 3.63) is 58.0 Å². The molecule has 4 heteroatoms. The van der Waals surface area contributed by atoms with E-state index in [0.717, 1.165) is 0 Å². The van der Waals surface area contributed by atoms with E-state index >= 15 is 0 Å². The van der Waals surface area contributed by atoms with Gasteiger partial charge in [-0.15, -0.1) is 11.3 Å². The Kier molecular flexibility index (Phi) is 4.68. The number of rotatable bonds is 5. The number of carbonyl (C=O) groups is 1. The van der Waals surface area contributed by atoms with E-state index in [1.54, 1.807) is 11.3 Å². The molecule has 0 fully saturated rings. The van der Waals surface area contributed by atoms with Crippen LogP contribution >= 0.6 is 11.3 Å². The van der Waals surface area contributed by atoms with Crippen molar-refractivity contribution >= 4 is 17.1 Å². The third kappa shape index (κ3) is 3.14. The Balaban J connectivity index is 2.12. The van der Waals surface area contributed by atoms with Crippen LogP contribution in [0.1, 0.15) is 35.1 Å². The summed E-state index contributed by atoms with van der Waals surface area (Å²) >= 11 is 1.68. The van der Waals surface area contributed by atoms with Crippen molar-refractivity contribution in [3.8, 4) is 0 Å². The quantitative estimate of drug-likeness (QED) is 0.771. The van der Waals surface area contributed by atoms with Crippen molar-refractivity contribution in [2.45, 2.75) is 25.9 Å². The average Bonchev–Trinajstić information content (AvgIpc) is 2.99. The first-order valence-electron chi connectivity index (χ1n) is 6.56. The Labute approximate surface area is 122 Å². The van der Waals surface area contributed by atoms with Gasteiger partial charge in [0.15, 0.2) is 5.78 Å². The van der Waals surface area contributed by atoms with Gasteiger partial charge in [-0.2, -0.15) is 0 Å². The maximum absolute atomic E-state index is 12.9. The van der Waals surface area contributed by atoms with Crippen LogP contribution in [-0.4, -0.2) is 23.8 Å². The van der Waals surface area contributed by atoms with E-state index in [4.69, 9.17) is 0 Å². The number of benzene rings is 1. The van der Waals surface area contributed by atoms with Crippen LogP contribution in [-0.2, 0) is 0 Å². The standard InChI is InChI=1S/C16H18FNOS/c1-11(15-5-4-10-20-15)18(3)12(2)16(19)13-6-8-14(17)9-7-13/h4-12H,1-3H3. The Morgan fingerprint density at radius 2 is 1.85 bits per heavy atom. The number of hydrogen-bond acceptors (Lipinski definition) is 3. The van der Waals surface area contributed by atoms with E-state index in [1.165, 1.54) is 29.1 Å². The smallest absolute Gasteiger partial charge is 0.179 e. The second-order valence-corrected chi connectivity index (χ2v) is 5.88. The lowest BCUT2D eigenvalue weighted by Gasteiger charge is -2.29. The van der Waals surface area contributed by atoms with Gasteiger partial charge >= 0.3 is 0 Å². The van der Waals surface area contributed by atoms with Crippen LogP contribution in [0.5, 0.6) is 0 Å². The molecule has 1 aromatic heterocycles. The molecular formula is C16H18FNOS. The van der Waals surface area contributed by atoms with Gasteiger partial charge in [-0.3, -0.25) is 9.69 Å². The fourth-order valence-corrected chi connectivity index (χ4v) is 2.94. The molecule has 2 unspecified atom stereocenters. The fraction of sp³-hybridized carbons (Fsp3) is 0.312. The maximum atomic E-state index is 12.9. The van der Waals surface area contributed by atoms with Crippen LogP contribution in [0, 0.1) is 5.82 Å². The van der Waals surface area contributed by atoms with E-state index in [2.05, 4.69) is 13.0 Å². The lowest BCUT2D eigenvalue weighted by molar-refractivity contribution is 0.0828. The molecule has 0 amide bonds. The van der Waals surface area contributed by atoms with Gasteiger partial charge in [0.1, 0.15) is 5.82 Å². The number of halogens is 1. The number of nitrogens with zero attached hydrogens (tertiary/aromatic N) is 1. The summed E-state index contributed by atoms with van der Waals surface area (Å²) in [5.41, 5.74) is 0.545. The molecule has 0 spiro atoms. The number of carbonyl (C=O) groups excluding carboxylic acids is 1. The molecule has 2 atom stereocenters. The molecule has 2 aromatic rings. The van der Waals surface area contributed by atoms with E-state index in [0.29, 0.717) is 5.56 Å². The molecular weight excluding hydrogens is 273 g/mol. The van der Waals surface area contributed by atoms with E-state index in [-0.39, 0.29) is 23.7 Å². The molecule has 0 aliphatic heterocycles. The second-order valence-electron chi connectivity index (χ2n) is 4.90. The van der Waals surface area contributed by atoms with Crippen LogP contribution in [0.25, 0.3) is 0 Å². The fourth-order valence-electron chi connectivity index (χ4n) is 2.11. The highest BCUT2D eigenvalue weighted by atomic mass is 32.1. The number of ketones is 1. The minimum Gasteiger partial charge on any atom is -0.292 e. The van der Waals surface area contributed by atoms with E-state index < -0.39 is 0 Å². The van der Waals surface area contributed by atoms with Crippen molar-refractivity contribution in [1.82, 2.24) is 4.90 Å². The van der Waals surface area contributed by atoms with Crippen LogP contribution < -0.4 is 0 Å². The summed E-state index contributed by atoms with van der Waals surface area (Å²) in [7, 11) is 1.94. The van der Waals surface area contributed by atoms with Gasteiger partial charge in [-0.25, -0.2) is 4.39 Å². The zero-order valence-corrected chi connectivity index (χ0v) is 12.7. The third-order valence-corrected chi connectivity index (χ3v) is 4.73. The molecule has 0 radical (unpaired) electrons. The summed E-state index contributed by atoms with van der Waals surface area (Å²) in [5.74, 6) is -0.314. The molecule has 1 aromatic carbocycles. The molecule has 106 valence electrons. The van der Waals surface area contributed by atoms with Crippen molar-refractivity contribution in [1.29, 1.82) is 0 Å². The highest BCUT2D eigenvalue weighted by Crippen LogP contribution is 2.25. The average molecular weight is 291 g/mol. The minimum atomic E-state index is -0.325. The monoisotopic (exact) mass is 291 g/mol. The number of Topliss-reactive ketones (excluding diaryl/α,β-unsaturated/α-hetero) is 1. The summed E-state index contributed by atoms with van der Waals surface area (Å²) < 4.78 is 12.9. The van der Waals surface area contributed by atoms with Crippen molar-refractivity contribution in [3.63, 3.8) is 0 Å². The molecule has 0 aliphatic carbocycles. The summed E-state index contributed by atoms with van der Waals surface area (Å²) in [6.45, 7) is 3.97. The summed E-state index contributed by atoms with van der Waals surface area (Å²) in [4.78, 5) is 15.7. The molecule has 20 heavy (non-hydrogen) atoms. The second kappa shape index (κ2) is 6.29. The lowest BCUT2D eigenvalue weighted by atomic mass is 10.0. The van der Waals surface area contributed by atoms with Crippen molar-refractivity contribution < 1.29 is 9.18 Å².